The molecule has 3 amide bonds. The third-order valence-electron chi connectivity index (χ3n) is 5.92. The van der Waals surface area contributed by atoms with Crippen LogP contribution in [0.25, 0.3) is 5.69 Å². The summed E-state index contributed by atoms with van der Waals surface area (Å²) in [5.41, 5.74) is 4.02. The van der Waals surface area contributed by atoms with Crippen LogP contribution in [0.2, 0.25) is 10.0 Å². The molecule has 1 aromatic heterocycles. The maximum Gasteiger partial charge on any atom is 0.322 e. The Labute approximate surface area is 229 Å². The van der Waals surface area contributed by atoms with Gasteiger partial charge in [0.1, 0.15) is 12.4 Å². The van der Waals surface area contributed by atoms with Crippen molar-refractivity contribution in [2.45, 2.75) is 59.8 Å². The minimum atomic E-state index is -0.325. The first kappa shape index (κ1) is 28.5. The van der Waals surface area contributed by atoms with Gasteiger partial charge in [0.25, 0.3) is 0 Å². The average Bonchev–Trinajstić information content (AvgIpc) is 3.24. The molecular formula is C28H35Cl2N5O2. The lowest BCUT2D eigenvalue weighted by Crippen LogP contribution is -2.41. The van der Waals surface area contributed by atoms with Crippen LogP contribution >= 0.6 is 23.2 Å². The molecule has 7 nitrogen and oxygen atoms in total. The summed E-state index contributed by atoms with van der Waals surface area (Å²) in [6.45, 7) is 12.5. The summed E-state index contributed by atoms with van der Waals surface area (Å²) in [7, 11) is 0. The monoisotopic (exact) mass is 543 g/mol. The van der Waals surface area contributed by atoms with Gasteiger partial charge in [-0.15, -0.1) is 0 Å². The Balaban J connectivity index is 1.83. The van der Waals surface area contributed by atoms with E-state index in [1.54, 1.807) is 22.9 Å². The fraction of sp³-hybridized carbons (Fsp3) is 0.393. The van der Waals surface area contributed by atoms with Gasteiger partial charge in [0.15, 0.2) is 0 Å². The van der Waals surface area contributed by atoms with Crippen LogP contribution in [0, 0.1) is 13.8 Å². The Bertz CT molecular complexity index is 1280. The zero-order valence-electron chi connectivity index (χ0n) is 22.3. The quantitative estimate of drug-likeness (QED) is 0.311. The molecule has 0 aliphatic carbocycles. The van der Waals surface area contributed by atoms with E-state index >= 15 is 0 Å². The molecular weight excluding hydrogens is 509 g/mol. The Kier molecular flexibility index (Phi) is 9.26. The minimum Gasteiger partial charge on any atom is -0.315 e. The van der Waals surface area contributed by atoms with Crippen molar-refractivity contribution in [3.05, 3.63) is 69.3 Å². The lowest BCUT2D eigenvalue weighted by atomic mass is 9.92. The minimum absolute atomic E-state index is 0.103. The summed E-state index contributed by atoms with van der Waals surface area (Å²) in [6.07, 6.45) is 1.68. The number of aromatic nitrogens is 2. The molecule has 0 fully saturated rings. The third-order valence-corrected chi connectivity index (χ3v) is 6.66. The lowest BCUT2D eigenvalue weighted by Gasteiger charge is -2.23. The van der Waals surface area contributed by atoms with Gasteiger partial charge in [-0.05, 0) is 50.1 Å². The number of carbonyl (C=O) groups excluding carboxylic acids is 2. The molecule has 3 rings (SSSR count). The van der Waals surface area contributed by atoms with Gasteiger partial charge in [-0.1, -0.05) is 75.0 Å². The van der Waals surface area contributed by atoms with Crippen molar-refractivity contribution in [3.8, 4) is 5.69 Å². The van der Waals surface area contributed by atoms with Crippen LogP contribution in [0.3, 0.4) is 0 Å². The van der Waals surface area contributed by atoms with E-state index in [0.717, 1.165) is 35.3 Å². The molecule has 37 heavy (non-hydrogen) atoms. The SMILES string of the molecule is CCCCN(CC(=O)Nc1cc(C(C)(C)C)nn1-c1ccc(Cl)c(Cl)c1)C(=O)Nc1ccc(C)cc1C. The van der Waals surface area contributed by atoms with Crippen molar-refractivity contribution in [2.75, 3.05) is 23.7 Å². The molecule has 2 aromatic carbocycles. The van der Waals surface area contributed by atoms with E-state index in [4.69, 9.17) is 28.3 Å². The molecule has 0 spiro atoms. The van der Waals surface area contributed by atoms with Crippen LogP contribution < -0.4 is 10.6 Å². The van der Waals surface area contributed by atoms with Crippen LogP contribution in [0.1, 0.15) is 57.4 Å². The second-order valence-electron chi connectivity index (χ2n) is 10.2. The number of nitrogens with one attached hydrogen (secondary N) is 2. The molecule has 198 valence electrons. The number of amides is 3. The molecule has 1 heterocycles. The van der Waals surface area contributed by atoms with Crippen LogP contribution in [-0.2, 0) is 10.2 Å². The summed E-state index contributed by atoms with van der Waals surface area (Å²) < 4.78 is 1.63. The molecule has 0 aliphatic heterocycles. The molecule has 3 aromatic rings. The first-order valence-electron chi connectivity index (χ1n) is 12.4. The van der Waals surface area contributed by atoms with Crippen LogP contribution in [0.5, 0.6) is 0 Å². The Morgan fingerprint density at radius 2 is 1.73 bits per heavy atom. The number of hydrogen-bond acceptors (Lipinski definition) is 3. The highest BCUT2D eigenvalue weighted by Gasteiger charge is 2.23. The summed E-state index contributed by atoms with van der Waals surface area (Å²) in [5, 5.41) is 11.4. The summed E-state index contributed by atoms with van der Waals surface area (Å²) in [6, 6.07) is 12.5. The van der Waals surface area contributed by atoms with E-state index in [1.165, 1.54) is 4.90 Å². The molecule has 0 aliphatic rings. The molecule has 0 unspecified atom stereocenters. The van der Waals surface area contributed by atoms with Gasteiger partial charge in [-0.3, -0.25) is 4.79 Å². The number of aryl methyl sites for hydroxylation is 2. The maximum absolute atomic E-state index is 13.2. The van der Waals surface area contributed by atoms with E-state index in [9.17, 15) is 9.59 Å². The molecule has 0 radical (unpaired) electrons. The molecule has 2 N–H and O–H groups in total. The summed E-state index contributed by atoms with van der Waals surface area (Å²) in [5.74, 6) is 0.159. The number of benzene rings is 2. The first-order valence-corrected chi connectivity index (χ1v) is 13.1. The highest BCUT2D eigenvalue weighted by molar-refractivity contribution is 6.42. The number of anilines is 2. The van der Waals surface area contributed by atoms with Crippen molar-refractivity contribution in [1.29, 1.82) is 0 Å². The standard InChI is InChI=1S/C28H35Cl2N5O2/c1-7-8-13-34(27(37)31-23-12-9-18(2)14-19(23)3)17-26(36)32-25-16-24(28(4,5)6)33-35(25)20-10-11-21(29)22(30)15-20/h9-12,14-16H,7-8,13,17H2,1-6H3,(H,31,37)(H,32,36). The predicted molar refractivity (Wildman–Crippen MR) is 152 cm³/mol. The normalized spacial score (nSPS) is 11.4. The van der Waals surface area contributed by atoms with E-state index < -0.39 is 0 Å². The molecule has 9 heteroatoms. The van der Waals surface area contributed by atoms with Crippen molar-refractivity contribution < 1.29 is 9.59 Å². The zero-order chi connectivity index (χ0) is 27.3. The number of unbranched alkanes of at least 4 members (excludes halogenated alkanes) is 1. The number of halogens is 2. The van der Waals surface area contributed by atoms with Gasteiger partial charge < -0.3 is 15.5 Å². The van der Waals surface area contributed by atoms with Crippen molar-refractivity contribution in [3.63, 3.8) is 0 Å². The summed E-state index contributed by atoms with van der Waals surface area (Å²) in [4.78, 5) is 27.9. The van der Waals surface area contributed by atoms with E-state index in [0.29, 0.717) is 28.1 Å². The Morgan fingerprint density at radius 3 is 2.35 bits per heavy atom. The molecule has 0 atom stereocenters. The first-order chi connectivity index (χ1) is 17.4. The number of rotatable bonds is 8. The van der Waals surface area contributed by atoms with Crippen LogP contribution in [-0.4, -0.2) is 39.7 Å². The highest BCUT2D eigenvalue weighted by Crippen LogP contribution is 2.29. The average molecular weight is 545 g/mol. The van der Waals surface area contributed by atoms with Crippen LogP contribution in [0.4, 0.5) is 16.3 Å². The van der Waals surface area contributed by atoms with Gasteiger partial charge in [0.2, 0.25) is 5.91 Å². The fourth-order valence-electron chi connectivity index (χ4n) is 3.76. The smallest absolute Gasteiger partial charge is 0.315 e. The largest absolute Gasteiger partial charge is 0.322 e. The Morgan fingerprint density at radius 1 is 1.00 bits per heavy atom. The van der Waals surface area contributed by atoms with Crippen molar-refractivity contribution in [1.82, 2.24) is 14.7 Å². The van der Waals surface area contributed by atoms with E-state index in [-0.39, 0.29) is 23.9 Å². The molecule has 0 saturated heterocycles. The zero-order valence-corrected chi connectivity index (χ0v) is 23.8. The van der Waals surface area contributed by atoms with Crippen molar-refractivity contribution >= 4 is 46.6 Å². The molecule has 0 bridgehead atoms. The molecule has 0 saturated carbocycles. The van der Waals surface area contributed by atoms with Gasteiger partial charge in [-0.2, -0.15) is 5.10 Å². The van der Waals surface area contributed by atoms with Gasteiger partial charge in [0, 0.05) is 23.7 Å². The number of carbonyl (C=O) groups is 2. The number of urea groups is 1. The second kappa shape index (κ2) is 12.0. The lowest BCUT2D eigenvalue weighted by molar-refractivity contribution is -0.116. The topological polar surface area (TPSA) is 79.3 Å². The number of hydrogen-bond donors (Lipinski definition) is 2. The second-order valence-corrected chi connectivity index (χ2v) is 11.1. The maximum atomic E-state index is 13.2. The van der Waals surface area contributed by atoms with Gasteiger partial charge >= 0.3 is 6.03 Å². The van der Waals surface area contributed by atoms with Gasteiger partial charge in [0.05, 0.1) is 21.4 Å². The summed E-state index contributed by atoms with van der Waals surface area (Å²) >= 11 is 12.3. The van der Waals surface area contributed by atoms with Crippen LogP contribution in [0.15, 0.2) is 42.5 Å². The fourth-order valence-corrected chi connectivity index (χ4v) is 4.05. The Hall–Kier alpha value is -3.03. The predicted octanol–water partition coefficient (Wildman–Crippen LogP) is 7.37. The van der Waals surface area contributed by atoms with E-state index in [2.05, 4.69) is 10.6 Å². The van der Waals surface area contributed by atoms with Gasteiger partial charge in [-0.25, -0.2) is 9.48 Å². The van der Waals surface area contributed by atoms with E-state index in [1.807, 2.05) is 65.8 Å². The van der Waals surface area contributed by atoms with Crippen molar-refractivity contribution in [2.24, 2.45) is 0 Å². The highest BCUT2D eigenvalue weighted by atomic mass is 35.5. The number of nitrogens with zero attached hydrogens (tertiary/aromatic N) is 3. The third kappa shape index (κ3) is 7.49.